The van der Waals surface area contributed by atoms with Gasteiger partial charge < -0.3 is 25.1 Å². The second kappa shape index (κ2) is 16.6. The van der Waals surface area contributed by atoms with Crippen LogP contribution in [0, 0.1) is 13.8 Å². The van der Waals surface area contributed by atoms with Crippen LogP contribution in [0.1, 0.15) is 38.2 Å². The lowest BCUT2D eigenvalue weighted by molar-refractivity contribution is -0.142. The largest absolute Gasteiger partial charge is 0.417 e. The van der Waals surface area contributed by atoms with Crippen molar-refractivity contribution < 1.29 is 40.6 Å². The van der Waals surface area contributed by atoms with Gasteiger partial charge in [-0.2, -0.15) is 26.3 Å². The van der Waals surface area contributed by atoms with Gasteiger partial charge in [0.2, 0.25) is 0 Å². The van der Waals surface area contributed by atoms with Crippen LogP contribution in [0.15, 0.2) is 91.0 Å². The maximum absolute atomic E-state index is 14.6. The molecule has 4 aromatic carbocycles. The summed E-state index contributed by atoms with van der Waals surface area (Å²) in [7, 11) is 0. The zero-order valence-corrected chi connectivity index (χ0v) is 28.6. The minimum atomic E-state index is -5.13. The summed E-state index contributed by atoms with van der Waals surface area (Å²) in [5, 5.41) is 2.77. The van der Waals surface area contributed by atoms with E-state index in [1.807, 2.05) is 50.2 Å². The van der Waals surface area contributed by atoms with E-state index in [1.54, 1.807) is 41.0 Å². The fourth-order valence-corrected chi connectivity index (χ4v) is 5.57. The van der Waals surface area contributed by atoms with E-state index < -0.39 is 29.0 Å². The van der Waals surface area contributed by atoms with Gasteiger partial charge in [-0.3, -0.25) is 4.79 Å². The van der Waals surface area contributed by atoms with Crippen LogP contribution in [-0.4, -0.2) is 55.0 Å². The van der Waals surface area contributed by atoms with Crippen molar-refractivity contribution in [1.29, 1.82) is 0 Å². The lowest BCUT2D eigenvalue weighted by Gasteiger charge is -2.18. The van der Waals surface area contributed by atoms with Crippen molar-refractivity contribution in [2.45, 2.75) is 32.7 Å². The first kappa shape index (κ1) is 38.3. The standard InChI is InChI=1S/C39H38F6N4O3/c1-25-3-9-28(10-4-25)34-35(29-11-5-26(2)6-12-29)49(36(48-34)32-16-15-31(38(40,41)42)23-33(32)39(43,44)45)24-27-7-13-30(14-8-27)37(50)47-18-20-52-22-21-51-19-17-46/h3-16,23H,17-22,24,46H2,1-2H3,(H,47,50). The van der Waals surface area contributed by atoms with Gasteiger partial charge in [0.1, 0.15) is 5.82 Å². The Balaban J connectivity index is 1.56. The molecule has 0 unspecified atom stereocenters. The Bertz CT molecular complexity index is 1950. The Hall–Kier alpha value is -4.98. The molecule has 1 heterocycles. The van der Waals surface area contributed by atoms with Gasteiger partial charge in [-0.1, -0.05) is 77.9 Å². The van der Waals surface area contributed by atoms with Gasteiger partial charge in [0.15, 0.2) is 0 Å². The number of ether oxygens (including phenoxy) is 2. The molecule has 7 nitrogen and oxygen atoms in total. The van der Waals surface area contributed by atoms with Crippen LogP contribution in [0.3, 0.4) is 0 Å². The van der Waals surface area contributed by atoms with Crippen molar-refractivity contribution in [1.82, 2.24) is 14.9 Å². The minimum absolute atomic E-state index is 0.0162. The van der Waals surface area contributed by atoms with Crippen LogP contribution in [0.5, 0.6) is 0 Å². The Morgan fingerprint density at radius 2 is 1.35 bits per heavy atom. The second-order valence-corrected chi connectivity index (χ2v) is 12.2. The summed E-state index contributed by atoms with van der Waals surface area (Å²) in [5.74, 6) is -0.512. The molecule has 0 aliphatic rings. The quantitative estimate of drug-likeness (QED) is 0.0889. The molecule has 3 N–H and O–H groups in total. The van der Waals surface area contributed by atoms with Crippen LogP contribution in [0.4, 0.5) is 26.3 Å². The molecule has 0 fully saturated rings. The molecule has 0 aliphatic carbocycles. The van der Waals surface area contributed by atoms with Crippen molar-refractivity contribution in [2.75, 3.05) is 39.5 Å². The highest BCUT2D eigenvalue weighted by Gasteiger charge is 2.39. The highest BCUT2D eigenvalue weighted by molar-refractivity contribution is 5.94. The van der Waals surface area contributed by atoms with Gasteiger partial charge in [0.25, 0.3) is 5.91 Å². The predicted octanol–water partition coefficient (Wildman–Crippen LogP) is 8.31. The van der Waals surface area contributed by atoms with Gasteiger partial charge in [-0.15, -0.1) is 0 Å². The first-order valence-corrected chi connectivity index (χ1v) is 16.5. The molecule has 0 aliphatic heterocycles. The maximum Gasteiger partial charge on any atom is 0.417 e. The smallest absolute Gasteiger partial charge is 0.378 e. The first-order chi connectivity index (χ1) is 24.8. The average molecular weight is 725 g/mol. The number of nitrogens with two attached hydrogens (primary N) is 1. The molecule has 1 amide bonds. The normalized spacial score (nSPS) is 11.9. The summed E-state index contributed by atoms with van der Waals surface area (Å²) >= 11 is 0. The fourth-order valence-electron chi connectivity index (χ4n) is 5.57. The van der Waals surface area contributed by atoms with E-state index in [2.05, 4.69) is 5.32 Å². The highest BCUT2D eigenvalue weighted by Crippen LogP contribution is 2.44. The van der Waals surface area contributed by atoms with Gasteiger partial charge in [0.05, 0.1) is 48.9 Å². The molecule has 1 aromatic heterocycles. The van der Waals surface area contributed by atoms with Crippen LogP contribution in [-0.2, 0) is 28.4 Å². The SMILES string of the molecule is Cc1ccc(-c2nc(-c3ccc(C(F)(F)F)cc3C(F)(F)F)n(Cc3ccc(C(=O)NCCOCCOCCN)cc3)c2-c2ccc(C)cc2)cc1. The number of aryl methyl sites for hydroxylation is 2. The molecule has 0 atom stereocenters. The molecule has 0 saturated carbocycles. The Morgan fingerprint density at radius 1 is 0.750 bits per heavy atom. The Kier molecular flexibility index (Phi) is 12.2. The van der Waals surface area contributed by atoms with E-state index in [4.69, 9.17) is 20.2 Å². The molecule has 5 aromatic rings. The second-order valence-electron chi connectivity index (χ2n) is 12.2. The van der Waals surface area contributed by atoms with E-state index in [9.17, 15) is 31.1 Å². The number of imidazole rings is 1. The number of halogens is 6. The third kappa shape index (κ3) is 9.46. The lowest BCUT2D eigenvalue weighted by Crippen LogP contribution is -2.27. The number of carbonyl (C=O) groups is 1. The van der Waals surface area contributed by atoms with Crippen molar-refractivity contribution in [2.24, 2.45) is 5.73 Å². The van der Waals surface area contributed by atoms with E-state index >= 15 is 0 Å². The van der Waals surface area contributed by atoms with Crippen molar-refractivity contribution in [3.8, 4) is 33.9 Å². The number of benzene rings is 4. The van der Waals surface area contributed by atoms with Crippen molar-refractivity contribution in [3.63, 3.8) is 0 Å². The summed E-state index contributed by atoms with van der Waals surface area (Å²) in [5.41, 5.74) is 6.93. The van der Waals surface area contributed by atoms with Crippen molar-refractivity contribution >= 4 is 5.91 Å². The number of rotatable bonds is 14. The van der Waals surface area contributed by atoms with Crippen LogP contribution in [0.25, 0.3) is 33.9 Å². The number of hydrogen-bond donors (Lipinski definition) is 2. The number of nitrogens with one attached hydrogen (secondary N) is 1. The molecular weight excluding hydrogens is 686 g/mol. The number of alkyl halides is 6. The number of aromatic nitrogens is 2. The summed E-state index contributed by atoms with van der Waals surface area (Å²) < 4.78 is 96.9. The summed E-state index contributed by atoms with van der Waals surface area (Å²) in [6, 6.07) is 22.8. The molecule has 0 bridgehead atoms. The minimum Gasteiger partial charge on any atom is -0.378 e. The third-order valence-corrected chi connectivity index (χ3v) is 8.23. The van der Waals surface area contributed by atoms with Gasteiger partial charge in [-0.05, 0) is 43.7 Å². The van der Waals surface area contributed by atoms with Crippen LogP contribution < -0.4 is 11.1 Å². The Labute approximate surface area is 297 Å². The van der Waals surface area contributed by atoms with Gasteiger partial charge in [-0.25, -0.2) is 4.98 Å². The zero-order valence-electron chi connectivity index (χ0n) is 28.6. The maximum atomic E-state index is 14.6. The molecule has 274 valence electrons. The fraction of sp³-hybridized carbons (Fsp3) is 0.282. The van der Waals surface area contributed by atoms with Crippen LogP contribution in [0.2, 0.25) is 0 Å². The molecule has 13 heteroatoms. The summed E-state index contributed by atoms with van der Waals surface area (Å²) in [4.78, 5) is 17.5. The van der Waals surface area contributed by atoms with E-state index in [1.165, 1.54) is 0 Å². The number of nitrogens with zero attached hydrogens (tertiary/aromatic N) is 2. The zero-order chi connectivity index (χ0) is 37.5. The predicted molar refractivity (Wildman–Crippen MR) is 187 cm³/mol. The number of carbonyl (C=O) groups excluding carboxylic acids is 1. The number of hydrogen-bond acceptors (Lipinski definition) is 5. The first-order valence-electron chi connectivity index (χ1n) is 16.5. The topological polar surface area (TPSA) is 91.4 Å². The molecule has 0 radical (unpaired) electrons. The van der Waals surface area contributed by atoms with Crippen LogP contribution >= 0.6 is 0 Å². The summed E-state index contributed by atoms with van der Waals surface area (Å²) in [6.45, 7) is 5.90. The summed E-state index contributed by atoms with van der Waals surface area (Å²) in [6.07, 6.45) is -10.1. The van der Waals surface area contributed by atoms with E-state index in [0.29, 0.717) is 66.1 Å². The molecule has 0 saturated heterocycles. The Morgan fingerprint density at radius 3 is 1.92 bits per heavy atom. The average Bonchev–Trinajstić information content (AvgIpc) is 3.47. The van der Waals surface area contributed by atoms with Crippen molar-refractivity contribution in [3.05, 3.63) is 124 Å². The van der Waals surface area contributed by atoms with Gasteiger partial charge in [0, 0.05) is 41.9 Å². The molecule has 5 rings (SSSR count). The number of amides is 1. The molecule has 0 spiro atoms. The molecule has 52 heavy (non-hydrogen) atoms. The van der Waals surface area contributed by atoms with E-state index in [0.717, 1.165) is 17.2 Å². The third-order valence-electron chi connectivity index (χ3n) is 8.23. The lowest BCUT2D eigenvalue weighted by atomic mass is 10.0. The monoisotopic (exact) mass is 724 g/mol. The molecular formula is C39H38F6N4O3. The van der Waals surface area contributed by atoms with E-state index in [-0.39, 0.29) is 37.5 Å². The highest BCUT2D eigenvalue weighted by atomic mass is 19.4. The van der Waals surface area contributed by atoms with Gasteiger partial charge >= 0.3 is 12.4 Å².